The van der Waals surface area contributed by atoms with Gasteiger partial charge in [0.2, 0.25) is 0 Å². The van der Waals surface area contributed by atoms with Crippen molar-refractivity contribution in [1.29, 1.82) is 0 Å². The van der Waals surface area contributed by atoms with E-state index in [1.54, 1.807) is 0 Å². The summed E-state index contributed by atoms with van der Waals surface area (Å²) in [6.07, 6.45) is 0. The van der Waals surface area contributed by atoms with Crippen LogP contribution in [0.1, 0.15) is 0 Å². The van der Waals surface area contributed by atoms with E-state index in [1.165, 1.54) is 0 Å². The first-order chi connectivity index (χ1) is 3.41. The van der Waals surface area contributed by atoms with Crippen molar-refractivity contribution in [2.24, 2.45) is 5.73 Å². The van der Waals surface area contributed by atoms with Crippen LogP contribution in [0.4, 0.5) is 0 Å². The monoisotopic (exact) mass is 109 g/mol. The van der Waals surface area contributed by atoms with Gasteiger partial charge in [0.15, 0.2) is 0 Å². The first-order valence-corrected chi connectivity index (χ1v) is 2.47. The maximum Gasteiger partial charge on any atom is 1.00 e. The van der Waals surface area contributed by atoms with E-state index in [2.05, 4.69) is 5.32 Å². The van der Waals surface area contributed by atoms with Gasteiger partial charge in [0.1, 0.15) is 0 Å². The van der Waals surface area contributed by atoms with Crippen molar-refractivity contribution in [2.45, 2.75) is 0 Å². The third-order valence-electron chi connectivity index (χ3n) is 0.623. The van der Waals surface area contributed by atoms with Gasteiger partial charge in [-0.25, -0.2) is 0 Å². The Balaban J connectivity index is 0. The van der Waals surface area contributed by atoms with Gasteiger partial charge in [-0.2, -0.15) is 0 Å². The third kappa shape index (κ3) is 9.69. The quantitative estimate of drug-likeness (QED) is 0.292. The molecule has 0 amide bonds. The van der Waals surface area contributed by atoms with Gasteiger partial charge in [0.25, 0.3) is 0 Å². The molecule has 0 bridgehead atoms. The zero-order chi connectivity index (χ0) is 5.54. The molecule has 0 heterocycles. The van der Waals surface area contributed by atoms with Gasteiger partial charge in [-0.15, -0.1) is 6.54 Å². The molecule has 0 aromatic carbocycles. The Morgan fingerprint density at radius 2 is 2.00 bits per heavy atom. The van der Waals surface area contributed by atoms with Crippen LogP contribution < -0.4 is 29.9 Å². The Labute approximate surface area is 62.4 Å². The van der Waals surface area contributed by atoms with Crippen molar-refractivity contribution in [3.05, 3.63) is 5.73 Å². The fraction of sp³-hybridized carbons (Fsp3) is 1.00. The summed E-state index contributed by atoms with van der Waals surface area (Å²) in [7, 11) is 0. The summed E-state index contributed by atoms with van der Waals surface area (Å²) in [5, 5.41) is 2.97. The van der Waals surface area contributed by atoms with Crippen molar-refractivity contribution in [3.63, 3.8) is 0 Å². The van der Waals surface area contributed by atoms with Crippen LogP contribution in [0, 0.1) is 0 Å². The van der Waals surface area contributed by atoms with E-state index < -0.39 is 0 Å². The summed E-state index contributed by atoms with van der Waals surface area (Å²) >= 11 is 0. The first-order valence-electron chi connectivity index (χ1n) is 2.47. The molecule has 3 nitrogen and oxygen atoms in total. The molecule has 4 heteroatoms. The van der Waals surface area contributed by atoms with Gasteiger partial charge in [-0.1, -0.05) is 0 Å². The van der Waals surface area contributed by atoms with Gasteiger partial charge < -0.3 is 16.8 Å². The molecule has 0 rings (SSSR count). The molecule has 0 aliphatic carbocycles. The van der Waals surface area contributed by atoms with Gasteiger partial charge in [0.05, 0.1) is 0 Å². The SMILES string of the molecule is [Li+].[NH-]CCNCCN. The molecule has 0 spiro atoms. The molecular weight excluding hydrogens is 97.0 g/mol. The minimum atomic E-state index is 0. The number of hydrogen-bond acceptors (Lipinski definition) is 2. The second kappa shape index (κ2) is 10.5. The fourth-order valence-electron chi connectivity index (χ4n) is 0.315. The maximum absolute atomic E-state index is 6.68. The third-order valence-corrected chi connectivity index (χ3v) is 0.623. The van der Waals surface area contributed by atoms with E-state index in [1.807, 2.05) is 0 Å². The number of hydrogen-bond donors (Lipinski definition) is 2. The minimum absolute atomic E-state index is 0. The molecule has 0 aromatic heterocycles. The second-order valence-corrected chi connectivity index (χ2v) is 1.29. The van der Waals surface area contributed by atoms with E-state index in [0.717, 1.165) is 13.1 Å². The van der Waals surface area contributed by atoms with Crippen molar-refractivity contribution < 1.29 is 18.9 Å². The smallest absolute Gasteiger partial charge is 0.676 e. The summed E-state index contributed by atoms with van der Waals surface area (Å²) in [4.78, 5) is 0. The Morgan fingerprint density at radius 3 is 2.38 bits per heavy atom. The first kappa shape index (κ1) is 11.3. The molecule has 0 aromatic rings. The van der Waals surface area contributed by atoms with E-state index in [0.29, 0.717) is 13.1 Å². The molecule has 0 saturated heterocycles. The molecule has 4 N–H and O–H groups in total. The molecule has 0 saturated carbocycles. The number of nitrogens with two attached hydrogens (primary N) is 1. The van der Waals surface area contributed by atoms with E-state index in [9.17, 15) is 0 Å². The summed E-state index contributed by atoms with van der Waals surface area (Å²) in [6, 6.07) is 0. The van der Waals surface area contributed by atoms with Crippen molar-refractivity contribution in [1.82, 2.24) is 5.32 Å². The zero-order valence-electron chi connectivity index (χ0n) is 5.41. The predicted molar refractivity (Wildman–Crippen MR) is 31.1 cm³/mol. The predicted octanol–water partition coefficient (Wildman–Crippen LogP) is -3.41. The average molecular weight is 109 g/mol. The molecule has 44 valence electrons. The Hall–Kier alpha value is 0.477. The van der Waals surface area contributed by atoms with Crippen LogP contribution in [0.15, 0.2) is 0 Å². The molecule has 0 atom stereocenters. The van der Waals surface area contributed by atoms with Gasteiger partial charge in [-0.3, -0.25) is 0 Å². The number of rotatable bonds is 4. The summed E-state index contributed by atoms with van der Waals surface area (Å²) in [6.45, 7) is 2.70. The average Bonchev–Trinajstić information content (AvgIpc) is 1.69. The largest absolute Gasteiger partial charge is 1.00 e. The van der Waals surface area contributed by atoms with Gasteiger partial charge >= 0.3 is 18.9 Å². The Morgan fingerprint density at radius 1 is 1.38 bits per heavy atom. The van der Waals surface area contributed by atoms with Crippen molar-refractivity contribution in [3.8, 4) is 0 Å². The topological polar surface area (TPSA) is 61.8 Å². The van der Waals surface area contributed by atoms with Gasteiger partial charge in [0, 0.05) is 13.1 Å². The fourth-order valence-corrected chi connectivity index (χ4v) is 0.315. The van der Waals surface area contributed by atoms with Crippen LogP contribution in [0.2, 0.25) is 0 Å². The van der Waals surface area contributed by atoms with E-state index in [4.69, 9.17) is 11.5 Å². The Bertz CT molecular complexity index is 30.5. The van der Waals surface area contributed by atoms with Gasteiger partial charge in [-0.05, 0) is 6.54 Å². The van der Waals surface area contributed by atoms with E-state index >= 15 is 0 Å². The van der Waals surface area contributed by atoms with Crippen LogP contribution in [-0.4, -0.2) is 26.2 Å². The summed E-state index contributed by atoms with van der Waals surface area (Å²) in [5.41, 5.74) is 11.8. The second-order valence-electron chi connectivity index (χ2n) is 1.29. The standard InChI is InChI=1S/C4H12N3.Li/c5-1-3-7-4-2-6;/h5,7H,1-4,6H2;/q-1;+1. The molecule has 0 aliphatic heterocycles. The minimum Gasteiger partial charge on any atom is -0.676 e. The summed E-state index contributed by atoms with van der Waals surface area (Å²) < 4.78 is 0. The van der Waals surface area contributed by atoms with Crippen molar-refractivity contribution >= 4 is 0 Å². The summed E-state index contributed by atoms with van der Waals surface area (Å²) in [5.74, 6) is 0. The van der Waals surface area contributed by atoms with Crippen LogP contribution in [-0.2, 0) is 0 Å². The zero-order valence-corrected chi connectivity index (χ0v) is 5.41. The number of nitrogens with one attached hydrogen (secondary N) is 2. The van der Waals surface area contributed by atoms with Crippen LogP contribution in [0.3, 0.4) is 0 Å². The molecule has 8 heavy (non-hydrogen) atoms. The van der Waals surface area contributed by atoms with Crippen LogP contribution in [0.25, 0.3) is 5.73 Å². The molecule has 0 radical (unpaired) electrons. The van der Waals surface area contributed by atoms with E-state index in [-0.39, 0.29) is 18.9 Å². The molecule has 0 fully saturated rings. The Kier molecular flexibility index (Phi) is 14.8. The van der Waals surface area contributed by atoms with Crippen molar-refractivity contribution in [2.75, 3.05) is 26.2 Å². The maximum atomic E-state index is 6.68. The molecular formula is C4H12LiN3. The molecule has 0 aliphatic rings. The molecule has 0 unspecified atom stereocenters. The normalized spacial score (nSPS) is 8.25. The van der Waals surface area contributed by atoms with Crippen LogP contribution >= 0.6 is 0 Å². The van der Waals surface area contributed by atoms with Crippen LogP contribution in [0.5, 0.6) is 0 Å².